The van der Waals surface area contributed by atoms with Crippen LogP contribution >= 0.6 is 0 Å². The van der Waals surface area contributed by atoms with Crippen molar-refractivity contribution in [3.8, 4) is 0 Å². The molecule has 0 radical (unpaired) electrons. The monoisotopic (exact) mass is 275 g/mol. The second-order valence-corrected chi connectivity index (χ2v) is 4.65. The van der Waals surface area contributed by atoms with Crippen molar-refractivity contribution in [3.05, 3.63) is 53.6 Å². The summed E-state index contributed by atoms with van der Waals surface area (Å²) in [5.74, 6) is 4.64. The first-order valence-electron chi connectivity index (χ1n) is 6.37. The summed E-state index contributed by atoms with van der Waals surface area (Å²) in [5.41, 5.74) is 4.97. The second kappa shape index (κ2) is 8.14. The predicted octanol–water partition coefficient (Wildman–Crippen LogP) is 1.47. The third-order valence-electron chi connectivity index (χ3n) is 2.52. The Morgan fingerprint density at radius 2 is 2.00 bits per heavy atom. The molecular weight excluding hydrogens is 254 g/mol. The Morgan fingerprint density at radius 3 is 2.55 bits per heavy atom. The number of anilines is 1. The number of nitrogens with two attached hydrogens (primary N) is 1. The third-order valence-corrected chi connectivity index (χ3v) is 2.52. The number of amides is 1. The Balaban J connectivity index is 2.54. The summed E-state index contributed by atoms with van der Waals surface area (Å²) in [7, 11) is 0. The number of aliphatic hydroxyl groups is 1. The number of rotatable bonds is 6. The van der Waals surface area contributed by atoms with Crippen LogP contribution in [0.4, 0.5) is 5.69 Å². The Bertz CT molecular complexity index is 488. The van der Waals surface area contributed by atoms with E-state index in [2.05, 4.69) is 5.32 Å². The van der Waals surface area contributed by atoms with E-state index in [1.54, 1.807) is 12.2 Å². The first-order chi connectivity index (χ1) is 9.51. The molecule has 0 aromatic heterocycles. The lowest BCUT2D eigenvalue weighted by Gasteiger charge is -2.11. The van der Waals surface area contributed by atoms with E-state index >= 15 is 0 Å². The van der Waals surface area contributed by atoms with Crippen molar-refractivity contribution in [1.82, 2.24) is 5.43 Å². The summed E-state index contributed by atoms with van der Waals surface area (Å²) in [4.78, 5) is 10.9. The van der Waals surface area contributed by atoms with Crippen LogP contribution in [0.15, 0.2) is 48.1 Å². The molecule has 5 nitrogen and oxygen atoms in total. The van der Waals surface area contributed by atoms with Crippen molar-refractivity contribution >= 4 is 11.6 Å². The van der Waals surface area contributed by atoms with Gasteiger partial charge in [-0.1, -0.05) is 23.8 Å². The maximum absolute atomic E-state index is 10.9. The molecule has 1 rings (SSSR count). The number of hydrogen-bond acceptors (Lipinski definition) is 4. The molecule has 0 saturated carbocycles. The fourth-order valence-electron chi connectivity index (χ4n) is 1.62. The van der Waals surface area contributed by atoms with Crippen LogP contribution in [0.3, 0.4) is 0 Å². The van der Waals surface area contributed by atoms with Gasteiger partial charge in [-0.3, -0.25) is 10.2 Å². The number of hydrogen-bond donors (Lipinski definition) is 4. The van der Waals surface area contributed by atoms with E-state index in [4.69, 9.17) is 5.84 Å². The average molecular weight is 275 g/mol. The van der Waals surface area contributed by atoms with Gasteiger partial charge in [0.1, 0.15) is 6.23 Å². The first-order valence-corrected chi connectivity index (χ1v) is 6.37. The SMILES string of the molecule is CC(C)=CC(O)Nc1ccc(C/C=C\C(=O)NN)cc1. The van der Waals surface area contributed by atoms with Crippen molar-refractivity contribution in [1.29, 1.82) is 0 Å². The van der Waals surface area contributed by atoms with E-state index in [0.29, 0.717) is 6.42 Å². The number of aliphatic hydroxyl groups excluding tert-OH is 1. The molecule has 0 heterocycles. The summed E-state index contributed by atoms with van der Waals surface area (Å²) in [6.45, 7) is 3.86. The van der Waals surface area contributed by atoms with Crippen molar-refractivity contribution < 1.29 is 9.90 Å². The number of carbonyl (C=O) groups excluding carboxylic acids is 1. The topological polar surface area (TPSA) is 87.4 Å². The van der Waals surface area contributed by atoms with Crippen LogP contribution < -0.4 is 16.6 Å². The molecule has 5 heteroatoms. The number of allylic oxidation sites excluding steroid dienone is 2. The van der Waals surface area contributed by atoms with Crippen LogP contribution in [0.1, 0.15) is 19.4 Å². The minimum absolute atomic E-state index is 0.326. The molecule has 1 aromatic rings. The fraction of sp³-hybridized carbons (Fsp3) is 0.267. The molecule has 20 heavy (non-hydrogen) atoms. The highest BCUT2D eigenvalue weighted by atomic mass is 16.3. The van der Waals surface area contributed by atoms with Crippen molar-refractivity contribution in [2.45, 2.75) is 26.5 Å². The van der Waals surface area contributed by atoms with Crippen LogP contribution in [0.5, 0.6) is 0 Å². The van der Waals surface area contributed by atoms with Crippen LogP contribution in [0.2, 0.25) is 0 Å². The average Bonchev–Trinajstić information content (AvgIpc) is 2.39. The second-order valence-electron chi connectivity index (χ2n) is 4.65. The minimum Gasteiger partial charge on any atom is -0.370 e. The number of hydrazine groups is 1. The minimum atomic E-state index is -0.695. The van der Waals surface area contributed by atoms with Crippen LogP contribution in [-0.2, 0) is 11.2 Å². The van der Waals surface area contributed by atoms with Gasteiger partial charge in [0, 0.05) is 11.8 Å². The molecule has 0 spiro atoms. The first kappa shape index (κ1) is 15.9. The quantitative estimate of drug-likeness (QED) is 0.158. The molecular formula is C15H21N3O2. The zero-order chi connectivity index (χ0) is 15.0. The molecule has 108 valence electrons. The molecule has 1 unspecified atom stereocenters. The van der Waals surface area contributed by atoms with E-state index in [1.807, 2.05) is 43.5 Å². The van der Waals surface area contributed by atoms with Gasteiger partial charge in [0.25, 0.3) is 5.91 Å². The summed E-state index contributed by atoms with van der Waals surface area (Å²) < 4.78 is 0. The number of nitrogens with one attached hydrogen (secondary N) is 2. The molecule has 0 aliphatic rings. The number of carbonyl (C=O) groups is 1. The Morgan fingerprint density at radius 1 is 1.35 bits per heavy atom. The lowest BCUT2D eigenvalue weighted by molar-refractivity contribution is -0.116. The molecule has 1 aromatic carbocycles. The molecule has 0 aliphatic heterocycles. The molecule has 1 atom stereocenters. The van der Waals surface area contributed by atoms with Crippen LogP contribution in [-0.4, -0.2) is 17.2 Å². The van der Waals surface area contributed by atoms with E-state index in [9.17, 15) is 9.90 Å². The van der Waals surface area contributed by atoms with Gasteiger partial charge in [-0.05, 0) is 44.0 Å². The van der Waals surface area contributed by atoms with Gasteiger partial charge < -0.3 is 10.4 Å². The molecule has 5 N–H and O–H groups in total. The third kappa shape index (κ3) is 6.17. The smallest absolute Gasteiger partial charge is 0.257 e. The van der Waals surface area contributed by atoms with E-state index in [-0.39, 0.29) is 5.91 Å². The van der Waals surface area contributed by atoms with Crippen molar-refractivity contribution in [3.63, 3.8) is 0 Å². The molecule has 0 aliphatic carbocycles. The van der Waals surface area contributed by atoms with Crippen molar-refractivity contribution in [2.75, 3.05) is 5.32 Å². The maximum Gasteiger partial charge on any atom is 0.257 e. The van der Waals surface area contributed by atoms with Gasteiger partial charge in [0.05, 0.1) is 0 Å². The lowest BCUT2D eigenvalue weighted by atomic mass is 10.1. The maximum atomic E-state index is 10.9. The van der Waals surface area contributed by atoms with Crippen LogP contribution in [0.25, 0.3) is 0 Å². The zero-order valence-electron chi connectivity index (χ0n) is 11.8. The van der Waals surface area contributed by atoms with Gasteiger partial charge in [-0.2, -0.15) is 0 Å². The van der Waals surface area contributed by atoms with Gasteiger partial charge in [0.2, 0.25) is 0 Å². The van der Waals surface area contributed by atoms with E-state index in [0.717, 1.165) is 16.8 Å². The van der Waals surface area contributed by atoms with Crippen molar-refractivity contribution in [2.24, 2.45) is 5.84 Å². The highest BCUT2D eigenvalue weighted by Gasteiger charge is 1.99. The summed E-state index contributed by atoms with van der Waals surface area (Å²) in [6.07, 6.45) is 4.82. The van der Waals surface area contributed by atoms with Gasteiger partial charge in [-0.15, -0.1) is 0 Å². The fourth-order valence-corrected chi connectivity index (χ4v) is 1.62. The van der Waals surface area contributed by atoms with Gasteiger partial charge in [-0.25, -0.2) is 5.84 Å². The summed E-state index contributed by atoms with van der Waals surface area (Å²) in [5, 5.41) is 12.7. The Labute approximate surface area is 119 Å². The molecule has 0 saturated heterocycles. The van der Waals surface area contributed by atoms with Crippen LogP contribution in [0, 0.1) is 0 Å². The predicted molar refractivity (Wildman–Crippen MR) is 80.7 cm³/mol. The highest BCUT2D eigenvalue weighted by molar-refractivity contribution is 5.86. The molecule has 0 fully saturated rings. The summed E-state index contributed by atoms with van der Waals surface area (Å²) in [6, 6.07) is 7.63. The highest BCUT2D eigenvalue weighted by Crippen LogP contribution is 2.12. The molecule has 1 amide bonds. The van der Waals surface area contributed by atoms with E-state index < -0.39 is 6.23 Å². The largest absolute Gasteiger partial charge is 0.370 e. The normalized spacial score (nSPS) is 12.0. The number of benzene rings is 1. The van der Waals surface area contributed by atoms with Gasteiger partial charge in [0.15, 0.2) is 0 Å². The summed E-state index contributed by atoms with van der Waals surface area (Å²) >= 11 is 0. The molecule has 0 bridgehead atoms. The Kier molecular flexibility index (Phi) is 6.49. The Hall–Kier alpha value is -2.11. The lowest BCUT2D eigenvalue weighted by Crippen LogP contribution is -2.27. The zero-order valence-corrected chi connectivity index (χ0v) is 11.8. The van der Waals surface area contributed by atoms with E-state index in [1.165, 1.54) is 6.08 Å². The van der Waals surface area contributed by atoms with Gasteiger partial charge >= 0.3 is 0 Å². The standard InChI is InChI=1S/C15H21N3O2/c1-11(2)10-15(20)17-13-8-6-12(7-9-13)4-3-5-14(19)18-16/h3,5-10,15,17,20H,4,16H2,1-2H3,(H,18,19)/b5-3-.